The molecule has 0 aliphatic carbocycles. The van der Waals surface area contributed by atoms with Crippen molar-refractivity contribution < 1.29 is 0 Å². The third kappa shape index (κ3) is 3.01. The monoisotopic (exact) mass is 474 g/mol. The van der Waals surface area contributed by atoms with Gasteiger partial charge in [-0.3, -0.25) is 0 Å². The summed E-state index contributed by atoms with van der Waals surface area (Å²) in [5.74, 6) is 0. The zero-order chi connectivity index (χ0) is 16.4. The van der Waals surface area contributed by atoms with Crippen LogP contribution >= 0.6 is 20.2 Å². The first-order valence-electron chi connectivity index (χ1n) is 7.92. The molecule has 0 nitrogen and oxygen atoms in total. The van der Waals surface area contributed by atoms with E-state index in [0.29, 0.717) is 0 Å². The minimum atomic E-state index is -2.69. The van der Waals surface area contributed by atoms with E-state index in [-0.39, 0.29) is 0 Å². The van der Waals surface area contributed by atoms with E-state index in [2.05, 4.69) is 114 Å². The van der Waals surface area contributed by atoms with Crippen LogP contribution in [-0.2, 0) is 0 Å². The molecular weight excluding hydrogens is 452 g/mol. The summed E-state index contributed by atoms with van der Waals surface area (Å²) in [5.41, 5.74) is 4.23. The van der Waals surface area contributed by atoms with Crippen LogP contribution in [0.1, 0.15) is 16.7 Å². The fraction of sp³-hybridized carbons (Fsp3) is 0.143. The van der Waals surface area contributed by atoms with Crippen LogP contribution in [0.2, 0.25) is 0 Å². The quantitative estimate of drug-likeness (QED) is 0.399. The van der Waals surface area contributed by atoms with E-state index < -0.39 is 9.96 Å². The van der Waals surface area contributed by atoms with Crippen LogP contribution in [0.4, 0.5) is 0 Å². The van der Waals surface area contributed by atoms with Gasteiger partial charge in [-0.05, 0) is 0 Å². The molecule has 0 N–H and O–H groups in total. The second-order valence-corrected chi connectivity index (χ2v) is 20.7. The fourth-order valence-electron chi connectivity index (χ4n) is 3.31. The average molecular weight is 473 g/mol. The maximum atomic E-state index is 2.84. The number of halogens is 1. The van der Waals surface area contributed by atoms with Crippen molar-refractivity contribution in [2.24, 2.45) is 0 Å². The number of benzene rings is 3. The summed E-state index contributed by atoms with van der Waals surface area (Å²) in [4.78, 5) is 0. The van der Waals surface area contributed by atoms with E-state index in [1.807, 2.05) is 0 Å². The van der Waals surface area contributed by atoms with Crippen LogP contribution in [0.15, 0.2) is 72.8 Å². The maximum absolute atomic E-state index is 2.84. The van der Waals surface area contributed by atoms with Gasteiger partial charge in [-0.15, -0.1) is 0 Å². The Labute approximate surface area is 152 Å². The summed E-state index contributed by atoms with van der Waals surface area (Å²) >= 11 is 2.84. The molecular formula is C21H21GeI. The Bertz CT molecular complexity index is 728. The Hall–Kier alpha value is -1.07. The molecule has 0 saturated carbocycles. The molecule has 0 fully saturated rings. The summed E-state index contributed by atoms with van der Waals surface area (Å²) < 4.78 is 4.66. The molecule has 0 radical (unpaired) electrons. The molecule has 0 spiro atoms. The predicted molar refractivity (Wildman–Crippen MR) is 112 cm³/mol. The molecule has 3 aromatic carbocycles. The molecule has 3 aromatic rings. The van der Waals surface area contributed by atoms with Crippen molar-refractivity contribution in [2.45, 2.75) is 20.8 Å². The molecule has 0 amide bonds. The third-order valence-corrected chi connectivity index (χ3v) is 21.8. The van der Waals surface area contributed by atoms with Crippen molar-refractivity contribution >= 4 is 43.4 Å². The Morgan fingerprint density at radius 2 is 0.783 bits per heavy atom. The SMILES string of the molecule is Cc1cccc[c]1[Ge]([I])([c]1ccccc1C)[c]1ccccc1C. The van der Waals surface area contributed by atoms with Crippen LogP contribution < -0.4 is 13.2 Å². The molecule has 0 aliphatic heterocycles. The van der Waals surface area contributed by atoms with Gasteiger partial charge in [-0.1, -0.05) is 0 Å². The predicted octanol–water partition coefficient (Wildman–Crippen LogP) is 4.01. The summed E-state index contributed by atoms with van der Waals surface area (Å²) in [7, 11) is -2.69. The molecule has 0 aliphatic rings. The second kappa shape index (κ2) is 6.82. The van der Waals surface area contributed by atoms with Crippen LogP contribution in [-0.4, -0.2) is 9.96 Å². The van der Waals surface area contributed by atoms with Crippen LogP contribution in [0.5, 0.6) is 0 Å². The average Bonchev–Trinajstić information content (AvgIpc) is 2.55. The van der Waals surface area contributed by atoms with Gasteiger partial charge in [0.15, 0.2) is 0 Å². The summed E-state index contributed by atoms with van der Waals surface area (Å²) in [5, 5.41) is 0. The molecule has 0 atom stereocenters. The Morgan fingerprint density at radius 1 is 0.522 bits per heavy atom. The molecule has 0 bridgehead atoms. The number of aryl methyl sites for hydroxylation is 3. The van der Waals surface area contributed by atoms with E-state index in [4.69, 9.17) is 0 Å². The second-order valence-electron chi connectivity index (χ2n) is 6.10. The van der Waals surface area contributed by atoms with E-state index in [1.165, 1.54) is 16.7 Å². The zero-order valence-electron chi connectivity index (χ0n) is 13.8. The number of rotatable bonds is 3. The first-order chi connectivity index (χ1) is 11.0. The normalized spacial score (nSPS) is 11.5. The van der Waals surface area contributed by atoms with Crippen LogP contribution in [0.3, 0.4) is 0 Å². The number of hydrogen-bond donors (Lipinski definition) is 0. The van der Waals surface area contributed by atoms with Gasteiger partial charge in [0.25, 0.3) is 0 Å². The van der Waals surface area contributed by atoms with Crippen LogP contribution in [0, 0.1) is 20.8 Å². The molecule has 2 heteroatoms. The minimum absolute atomic E-state index is 1.41. The first-order valence-corrected chi connectivity index (χ1v) is 17.5. The molecule has 23 heavy (non-hydrogen) atoms. The fourth-order valence-corrected chi connectivity index (χ4v) is 20.6. The van der Waals surface area contributed by atoms with E-state index in [9.17, 15) is 0 Å². The summed E-state index contributed by atoms with van der Waals surface area (Å²) in [6.07, 6.45) is 0. The van der Waals surface area contributed by atoms with Gasteiger partial charge in [0, 0.05) is 0 Å². The first kappa shape index (κ1) is 16.8. The van der Waals surface area contributed by atoms with Gasteiger partial charge in [0.1, 0.15) is 0 Å². The summed E-state index contributed by atoms with van der Waals surface area (Å²) in [6.45, 7) is 6.76. The zero-order valence-corrected chi connectivity index (χ0v) is 18.1. The molecule has 3 rings (SSSR count). The van der Waals surface area contributed by atoms with Gasteiger partial charge in [0.2, 0.25) is 0 Å². The standard InChI is InChI=1S/C21H21GeI/c1-16-10-4-7-13-19(16)22(23,20-14-8-5-11-17(20)2)21-15-9-6-12-18(21)3/h4-15H,1-3H3. The molecule has 0 unspecified atom stereocenters. The Morgan fingerprint density at radius 3 is 1.04 bits per heavy atom. The van der Waals surface area contributed by atoms with Gasteiger partial charge < -0.3 is 0 Å². The van der Waals surface area contributed by atoms with E-state index >= 15 is 0 Å². The van der Waals surface area contributed by atoms with Gasteiger partial charge >= 0.3 is 154 Å². The molecule has 0 aromatic heterocycles. The Kier molecular flexibility index (Phi) is 4.97. The van der Waals surface area contributed by atoms with Crippen molar-refractivity contribution in [3.05, 3.63) is 89.5 Å². The van der Waals surface area contributed by atoms with Crippen molar-refractivity contribution in [3.63, 3.8) is 0 Å². The van der Waals surface area contributed by atoms with E-state index in [0.717, 1.165) is 0 Å². The summed E-state index contributed by atoms with van der Waals surface area (Å²) in [6, 6.07) is 26.8. The van der Waals surface area contributed by atoms with Crippen molar-refractivity contribution in [2.75, 3.05) is 0 Å². The molecule has 0 saturated heterocycles. The molecule has 116 valence electrons. The Balaban J connectivity index is 2.38. The van der Waals surface area contributed by atoms with Crippen molar-refractivity contribution in [1.82, 2.24) is 0 Å². The van der Waals surface area contributed by atoms with Gasteiger partial charge in [-0.2, -0.15) is 0 Å². The molecule has 0 heterocycles. The van der Waals surface area contributed by atoms with Crippen molar-refractivity contribution in [1.29, 1.82) is 0 Å². The van der Waals surface area contributed by atoms with Crippen molar-refractivity contribution in [3.8, 4) is 0 Å². The van der Waals surface area contributed by atoms with Gasteiger partial charge in [0.05, 0.1) is 0 Å². The van der Waals surface area contributed by atoms with Crippen LogP contribution in [0.25, 0.3) is 0 Å². The third-order valence-electron chi connectivity index (χ3n) is 4.55. The topological polar surface area (TPSA) is 0 Å². The van der Waals surface area contributed by atoms with E-state index in [1.54, 1.807) is 13.2 Å². The van der Waals surface area contributed by atoms with Gasteiger partial charge in [-0.25, -0.2) is 0 Å². The number of hydrogen-bond acceptors (Lipinski definition) is 0.